The van der Waals surface area contributed by atoms with E-state index in [1.54, 1.807) is 11.3 Å². The summed E-state index contributed by atoms with van der Waals surface area (Å²) in [5, 5.41) is 9.78. The van der Waals surface area contributed by atoms with Gasteiger partial charge in [0.15, 0.2) is 0 Å². The van der Waals surface area contributed by atoms with Crippen molar-refractivity contribution in [2.75, 3.05) is 7.05 Å². The fourth-order valence-electron chi connectivity index (χ4n) is 2.23. The first kappa shape index (κ1) is 11.4. The molecule has 0 unspecified atom stereocenters. The molecular formula is C11H16ClNOS. The number of rotatable bonds is 3. The van der Waals surface area contributed by atoms with E-state index < -0.39 is 0 Å². The average Bonchev–Trinajstić information content (AvgIpc) is 2.75. The molecule has 0 aromatic carbocycles. The van der Waals surface area contributed by atoms with Gasteiger partial charge in [-0.15, -0.1) is 11.3 Å². The number of aliphatic hydroxyl groups excluding tert-OH is 1. The Morgan fingerprint density at radius 1 is 1.53 bits per heavy atom. The van der Waals surface area contributed by atoms with Gasteiger partial charge in [0.2, 0.25) is 0 Å². The minimum absolute atomic E-state index is 0.148. The molecule has 0 radical (unpaired) electrons. The zero-order valence-electron chi connectivity index (χ0n) is 8.82. The summed E-state index contributed by atoms with van der Waals surface area (Å²) in [6.45, 7) is 0.888. The molecule has 4 heteroatoms. The van der Waals surface area contributed by atoms with E-state index in [1.165, 1.54) is 4.88 Å². The van der Waals surface area contributed by atoms with Crippen molar-refractivity contribution >= 4 is 22.9 Å². The third-order valence-corrected chi connectivity index (χ3v) is 4.26. The minimum Gasteiger partial charge on any atom is -0.391 e. The summed E-state index contributed by atoms with van der Waals surface area (Å²) < 4.78 is 0.838. The Morgan fingerprint density at radius 2 is 2.33 bits per heavy atom. The third-order valence-electron chi connectivity index (χ3n) is 3.04. The number of thiophene rings is 1. The van der Waals surface area contributed by atoms with Gasteiger partial charge < -0.3 is 5.11 Å². The molecule has 1 aromatic heterocycles. The van der Waals surface area contributed by atoms with E-state index in [0.717, 1.165) is 30.1 Å². The highest BCUT2D eigenvalue weighted by Crippen LogP contribution is 2.27. The molecule has 1 saturated carbocycles. The summed E-state index contributed by atoms with van der Waals surface area (Å²) in [5.41, 5.74) is 0. The first-order valence-corrected chi connectivity index (χ1v) is 6.49. The summed E-state index contributed by atoms with van der Waals surface area (Å²) in [5.74, 6) is 0. The van der Waals surface area contributed by atoms with Crippen LogP contribution in [0.3, 0.4) is 0 Å². The summed E-state index contributed by atoms with van der Waals surface area (Å²) in [4.78, 5) is 3.50. The second kappa shape index (κ2) is 4.83. The first-order valence-electron chi connectivity index (χ1n) is 5.29. The molecule has 84 valence electrons. The molecule has 0 amide bonds. The van der Waals surface area contributed by atoms with Gasteiger partial charge in [-0.1, -0.05) is 11.6 Å². The summed E-state index contributed by atoms with van der Waals surface area (Å²) in [6.07, 6.45) is 3.05. The van der Waals surface area contributed by atoms with Crippen LogP contribution in [0.25, 0.3) is 0 Å². The van der Waals surface area contributed by atoms with Crippen molar-refractivity contribution in [3.63, 3.8) is 0 Å². The van der Waals surface area contributed by atoms with Gasteiger partial charge in [0, 0.05) is 17.5 Å². The Morgan fingerprint density at radius 3 is 2.87 bits per heavy atom. The summed E-state index contributed by atoms with van der Waals surface area (Å²) in [7, 11) is 2.08. The fraction of sp³-hybridized carbons (Fsp3) is 0.636. The van der Waals surface area contributed by atoms with Crippen LogP contribution in [-0.2, 0) is 6.54 Å². The maximum absolute atomic E-state index is 9.78. The van der Waals surface area contributed by atoms with Crippen LogP contribution in [0.15, 0.2) is 12.1 Å². The molecule has 1 aliphatic carbocycles. The standard InChI is InChI=1S/C11H16ClNOS/c1-13(9-3-2-4-10(9)14)7-8-5-6-11(12)15-8/h5-6,9-10,14H,2-4,7H2,1H3/t9-,10-/m1/s1. The molecular weight excluding hydrogens is 230 g/mol. The van der Waals surface area contributed by atoms with Gasteiger partial charge in [0.25, 0.3) is 0 Å². The number of halogens is 1. The number of hydrogen-bond donors (Lipinski definition) is 1. The molecule has 0 aliphatic heterocycles. The maximum Gasteiger partial charge on any atom is 0.0931 e. The van der Waals surface area contributed by atoms with Crippen LogP contribution in [-0.4, -0.2) is 29.2 Å². The predicted octanol–water partition coefficient (Wildman–Crippen LogP) is 2.75. The van der Waals surface area contributed by atoms with Crippen LogP contribution < -0.4 is 0 Å². The Kier molecular flexibility index (Phi) is 3.67. The van der Waals surface area contributed by atoms with Gasteiger partial charge in [-0.3, -0.25) is 4.90 Å². The topological polar surface area (TPSA) is 23.5 Å². The Hall–Kier alpha value is -0.0900. The van der Waals surface area contributed by atoms with E-state index in [-0.39, 0.29) is 6.10 Å². The van der Waals surface area contributed by atoms with Crippen molar-refractivity contribution in [3.05, 3.63) is 21.3 Å². The fourth-order valence-corrected chi connectivity index (χ4v) is 3.39. The Labute approximate surface area is 99.5 Å². The molecule has 2 atom stereocenters. The highest BCUT2D eigenvalue weighted by atomic mass is 35.5. The van der Waals surface area contributed by atoms with Crippen molar-refractivity contribution in [2.45, 2.75) is 38.0 Å². The van der Waals surface area contributed by atoms with E-state index in [9.17, 15) is 5.11 Å². The maximum atomic E-state index is 9.78. The molecule has 1 aliphatic rings. The van der Waals surface area contributed by atoms with Crippen molar-refractivity contribution in [1.29, 1.82) is 0 Å². The predicted molar refractivity (Wildman–Crippen MR) is 64.4 cm³/mol. The molecule has 2 rings (SSSR count). The highest BCUT2D eigenvalue weighted by molar-refractivity contribution is 7.16. The van der Waals surface area contributed by atoms with E-state index in [2.05, 4.69) is 18.0 Å². The molecule has 1 fully saturated rings. The minimum atomic E-state index is -0.148. The van der Waals surface area contributed by atoms with Crippen molar-refractivity contribution in [2.24, 2.45) is 0 Å². The third kappa shape index (κ3) is 2.72. The summed E-state index contributed by atoms with van der Waals surface area (Å²) >= 11 is 7.50. The first-order chi connectivity index (χ1) is 7.16. The van der Waals surface area contributed by atoms with Crippen LogP contribution >= 0.6 is 22.9 Å². The van der Waals surface area contributed by atoms with E-state index in [1.807, 2.05) is 6.07 Å². The van der Waals surface area contributed by atoms with Crippen LogP contribution in [0.4, 0.5) is 0 Å². The number of aliphatic hydroxyl groups is 1. The van der Waals surface area contributed by atoms with E-state index >= 15 is 0 Å². The normalized spacial score (nSPS) is 26.4. The second-order valence-electron chi connectivity index (χ2n) is 4.19. The van der Waals surface area contributed by atoms with Gasteiger partial charge >= 0.3 is 0 Å². The molecule has 0 saturated heterocycles. The number of hydrogen-bond acceptors (Lipinski definition) is 3. The van der Waals surface area contributed by atoms with Crippen molar-refractivity contribution < 1.29 is 5.11 Å². The van der Waals surface area contributed by atoms with Gasteiger partial charge in [-0.2, -0.15) is 0 Å². The van der Waals surface area contributed by atoms with Crippen molar-refractivity contribution in [3.8, 4) is 0 Å². The van der Waals surface area contributed by atoms with Crippen molar-refractivity contribution in [1.82, 2.24) is 4.90 Å². The zero-order chi connectivity index (χ0) is 10.8. The largest absolute Gasteiger partial charge is 0.391 e. The lowest BCUT2D eigenvalue weighted by Crippen LogP contribution is -2.36. The second-order valence-corrected chi connectivity index (χ2v) is 5.99. The number of likely N-dealkylation sites (N-methyl/N-ethyl adjacent to an activating group) is 1. The smallest absolute Gasteiger partial charge is 0.0931 e. The summed E-state index contributed by atoms with van der Waals surface area (Å²) in [6, 6.07) is 4.32. The molecule has 15 heavy (non-hydrogen) atoms. The van der Waals surface area contributed by atoms with Gasteiger partial charge in [-0.25, -0.2) is 0 Å². The lowest BCUT2D eigenvalue weighted by molar-refractivity contribution is 0.0830. The molecule has 1 N–H and O–H groups in total. The van der Waals surface area contributed by atoms with Crippen LogP contribution in [0.2, 0.25) is 4.34 Å². The lowest BCUT2D eigenvalue weighted by Gasteiger charge is -2.26. The SMILES string of the molecule is CN(Cc1ccc(Cl)s1)[C@@H]1CCC[C@H]1O. The Bertz CT molecular complexity index is 328. The van der Waals surface area contributed by atoms with E-state index in [0.29, 0.717) is 6.04 Å². The molecule has 1 heterocycles. The van der Waals surface area contributed by atoms with Crippen LogP contribution in [0.5, 0.6) is 0 Å². The zero-order valence-corrected chi connectivity index (χ0v) is 10.4. The van der Waals surface area contributed by atoms with Crippen LogP contribution in [0, 0.1) is 0 Å². The molecule has 0 spiro atoms. The van der Waals surface area contributed by atoms with Crippen LogP contribution in [0.1, 0.15) is 24.1 Å². The molecule has 0 bridgehead atoms. The van der Waals surface area contributed by atoms with Gasteiger partial charge in [0.1, 0.15) is 0 Å². The quantitative estimate of drug-likeness (QED) is 0.885. The number of nitrogens with zero attached hydrogens (tertiary/aromatic N) is 1. The average molecular weight is 246 g/mol. The van der Waals surface area contributed by atoms with Gasteiger partial charge in [-0.05, 0) is 38.4 Å². The molecule has 2 nitrogen and oxygen atoms in total. The lowest BCUT2D eigenvalue weighted by atomic mass is 10.2. The highest BCUT2D eigenvalue weighted by Gasteiger charge is 2.28. The van der Waals surface area contributed by atoms with Gasteiger partial charge in [0.05, 0.1) is 10.4 Å². The monoisotopic (exact) mass is 245 g/mol. The Balaban J connectivity index is 1.94. The molecule has 1 aromatic rings. The van der Waals surface area contributed by atoms with E-state index in [4.69, 9.17) is 11.6 Å².